The van der Waals surface area contributed by atoms with E-state index in [-0.39, 0.29) is 6.29 Å². The van der Waals surface area contributed by atoms with E-state index >= 15 is 0 Å². The summed E-state index contributed by atoms with van der Waals surface area (Å²) in [6.45, 7) is 5.37. The van der Waals surface area contributed by atoms with Gasteiger partial charge in [0.15, 0.2) is 6.29 Å². The first kappa shape index (κ1) is 11.2. The van der Waals surface area contributed by atoms with Crippen molar-refractivity contribution in [3.63, 3.8) is 0 Å². The van der Waals surface area contributed by atoms with Crippen molar-refractivity contribution in [3.05, 3.63) is 0 Å². The maximum atomic E-state index is 5.43. The van der Waals surface area contributed by atoms with Gasteiger partial charge in [-0.3, -0.25) is 0 Å². The monoisotopic (exact) mass is 180 g/mol. The number of hydrogen-bond donors (Lipinski definition) is 0. The molecule has 0 bridgehead atoms. The Morgan fingerprint density at radius 3 is 2.45 bits per heavy atom. The van der Waals surface area contributed by atoms with Crippen LogP contribution >= 0.6 is 11.6 Å². The molecule has 0 N–H and O–H groups in total. The molecule has 0 saturated heterocycles. The quantitative estimate of drug-likeness (QED) is 0.340. The van der Waals surface area contributed by atoms with E-state index in [1.165, 1.54) is 0 Å². The molecule has 2 nitrogen and oxygen atoms in total. The van der Waals surface area contributed by atoms with Crippen LogP contribution in [0.15, 0.2) is 0 Å². The number of ether oxygens (including phenoxy) is 2. The van der Waals surface area contributed by atoms with Gasteiger partial charge in [-0.15, -0.1) is 11.6 Å². The van der Waals surface area contributed by atoms with Crippen molar-refractivity contribution in [1.29, 1.82) is 0 Å². The summed E-state index contributed by atoms with van der Waals surface area (Å²) < 4.78 is 10.5. The zero-order valence-corrected chi connectivity index (χ0v) is 8.06. The third-order valence-corrected chi connectivity index (χ3v) is 1.43. The summed E-state index contributed by atoms with van der Waals surface area (Å²) in [6.07, 6.45) is 2.14. The van der Waals surface area contributed by atoms with E-state index in [0.29, 0.717) is 12.5 Å². The maximum Gasteiger partial charge on any atom is 0.154 e. The van der Waals surface area contributed by atoms with E-state index in [0.717, 1.165) is 19.4 Å². The molecule has 0 aromatic carbocycles. The topological polar surface area (TPSA) is 18.5 Å². The van der Waals surface area contributed by atoms with Crippen LogP contribution < -0.4 is 0 Å². The van der Waals surface area contributed by atoms with Gasteiger partial charge in [0, 0.05) is 12.5 Å². The molecule has 0 aliphatic carbocycles. The molecule has 0 heterocycles. The van der Waals surface area contributed by atoms with Gasteiger partial charge in [0.2, 0.25) is 0 Å². The van der Waals surface area contributed by atoms with Gasteiger partial charge in [0.05, 0.1) is 6.61 Å². The standard InChI is InChI=1S/C8H17ClO2/c1-3-4-6-10-8(2)11-7-5-9/h8H,3-7H2,1-2H3. The Morgan fingerprint density at radius 2 is 1.91 bits per heavy atom. The molecule has 0 saturated carbocycles. The van der Waals surface area contributed by atoms with E-state index < -0.39 is 0 Å². The Kier molecular flexibility index (Phi) is 8.47. The van der Waals surface area contributed by atoms with Crippen LogP contribution in [0.25, 0.3) is 0 Å². The predicted molar refractivity (Wildman–Crippen MR) is 47.0 cm³/mol. The van der Waals surface area contributed by atoms with Gasteiger partial charge >= 0.3 is 0 Å². The molecule has 0 spiro atoms. The number of unbranched alkanes of at least 4 members (excludes halogenated alkanes) is 1. The minimum Gasteiger partial charge on any atom is -0.353 e. The zero-order valence-electron chi connectivity index (χ0n) is 7.31. The molecule has 0 aliphatic rings. The van der Waals surface area contributed by atoms with Crippen LogP contribution in [-0.4, -0.2) is 25.4 Å². The first-order valence-electron chi connectivity index (χ1n) is 4.10. The molecule has 3 heteroatoms. The molecule has 1 atom stereocenters. The minimum absolute atomic E-state index is 0.111. The molecule has 0 radical (unpaired) electrons. The van der Waals surface area contributed by atoms with Crippen molar-refractivity contribution in [2.24, 2.45) is 0 Å². The Bertz CT molecular complexity index is 78.5. The molecule has 0 aromatic heterocycles. The van der Waals surface area contributed by atoms with Gasteiger partial charge in [0.1, 0.15) is 0 Å². The van der Waals surface area contributed by atoms with Crippen molar-refractivity contribution in [2.75, 3.05) is 19.1 Å². The van der Waals surface area contributed by atoms with E-state index in [1.807, 2.05) is 6.92 Å². The summed E-state index contributed by atoms with van der Waals surface area (Å²) in [5.41, 5.74) is 0. The lowest BCUT2D eigenvalue weighted by Gasteiger charge is -2.12. The van der Waals surface area contributed by atoms with Crippen LogP contribution in [0.5, 0.6) is 0 Å². The van der Waals surface area contributed by atoms with Gasteiger partial charge in [-0.25, -0.2) is 0 Å². The molecular weight excluding hydrogens is 164 g/mol. The van der Waals surface area contributed by atoms with Gasteiger partial charge in [-0.05, 0) is 13.3 Å². The predicted octanol–water partition coefficient (Wildman–Crippen LogP) is 2.40. The van der Waals surface area contributed by atoms with Crippen molar-refractivity contribution >= 4 is 11.6 Å². The molecule has 11 heavy (non-hydrogen) atoms. The SMILES string of the molecule is CCCCOC(C)OCCCl. The van der Waals surface area contributed by atoms with Crippen LogP contribution in [0.1, 0.15) is 26.7 Å². The zero-order chi connectivity index (χ0) is 8.53. The molecule has 0 fully saturated rings. The largest absolute Gasteiger partial charge is 0.353 e. The summed E-state index contributed by atoms with van der Waals surface area (Å²) in [5.74, 6) is 0.529. The third kappa shape index (κ3) is 8.11. The Labute approximate surface area is 73.8 Å². The fraction of sp³-hybridized carbons (Fsp3) is 1.00. The number of hydrogen-bond acceptors (Lipinski definition) is 2. The minimum atomic E-state index is -0.111. The molecule has 0 amide bonds. The van der Waals surface area contributed by atoms with Crippen molar-refractivity contribution < 1.29 is 9.47 Å². The molecule has 0 aromatic rings. The average molecular weight is 181 g/mol. The highest BCUT2D eigenvalue weighted by atomic mass is 35.5. The van der Waals surface area contributed by atoms with Gasteiger partial charge in [-0.1, -0.05) is 13.3 Å². The lowest BCUT2D eigenvalue weighted by atomic mass is 10.4. The van der Waals surface area contributed by atoms with Gasteiger partial charge in [-0.2, -0.15) is 0 Å². The molecule has 68 valence electrons. The number of alkyl halides is 1. The smallest absolute Gasteiger partial charge is 0.154 e. The normalized spacial score (nSPS) is 13.4. The summed E-state index contributed by atoms with van der Waals surface area (Å²) in [5, 5.41) is 0. The van der Waals surface area contributed by atoms with E-state index in [9.17, 15) is 0 Å². The van der Waals surface area contributed by atoms with Crippen LogP contribution in [0.4, 0.5) is 0 Å². The molecule has 1 unspecified atom stereocenters. The average Bonchev–Trinajstić information content (AvgIpc) is 2.01. The summed E-state index contributed by atoms with van der Waals surface area (Å²) in [4.78, 5) is 0. The van der Waals surface area contributed by atoms with Gasteiger partial charge < -0.3 is 9.47 Å². The number of rotatable bonds is 7. The van der Waals surface area contributed by atoms with Crippen LogP contribution in [0.3, 0.4) is 0 Å². The van der Waals surface area contributed by atoms with Crippen molar-refractivity contribution in [1.82, 2.24) is 0 Å². The van der Waals surface area contributed by atoms with Crippen LogP contribution in [0.2, 0.25) is 0 Å². The first-order valence-corrected chi connectivity index (χ1v) is 4.63. The summed E-state index contributed by atoms with van der Waals surface area (Å²) in [7, 11) is 0. The van der Waals surface area contributed by atoms with Crippen molar-refractivity contribution in [2.45, 2.75) is 33.0 Å². The highest BCUT2D eigenvalue weighted by Crippen LogP contribution is 1.96. The molecule has 0 aliphatic heterocycles. The first-order chi connectivity index (χ1) is 5.31. The lowest BCUT2D eigenvalue weighted by Crippen LogP contribution is -2.14. The van der Waals surface area contributed by atoms with Crippen LogP contribution in [-0.2, 0) is 9.47 Å². The maximum absolute atomic E-state index is 5.43. The lowest BCUT2D eigenvalue weighted by molar-refractivity contribution is -0.126. The summed E-state index contributed by atoms with van der Waals surface area (Å²) >= 11 is 5.43. The van der Waals surface area contributed by atoms with Crippen molar-refractivity contribution in [3.8, 4) is 0 Å². The fourth-order valence-corrected chi connectivity index (χ4v) is 0.741. The number of halogens is 1. The molecule has 0 rings (SSSR count). The Balaban J connectivity index is 3.02. The Morgan fingerprint density at radius 1 is 1.27 bits per heavy atom. The highest BCUT2D eigenvalue weighted by molar-refractivity contribution is 6.17. The molecular formula is C8H17ClO2. The Hall–Kier alpha value is 0.210. The highest BCUT2D eigenvalue weighted by Gasteiger charge is 1.99. The summed E-state index contributed by atoms with van der Waals surface area (Å²) in [6, 6.07) is 0. The van der Waals surface area contributed by atoms with E-state index in [1.54, 1.807) is 0 Å². The third-order valence-electron chi connectivity index (χ3n) is 1.28. The van der Waals surface area contributed by atoms with Crippen LogP contribution in [0, 0.1) is 0 Å². The second-order valence-electron chi connectivity index (χ2n) is 2.35. The van der Waals surface area contributed by atoms with E-state index in [4.69, 9.17) is 21.1 Å². The fourth-order valence-electron chi connectivity index (χ4n) is 0.652. The second kappa shape index (κ2) is 8.31. The van der Waals surface area contributed by atoms with E-state index in [2.05, 4.69) is 6.92 Å². The van der Waals surface area contributed by atoms with Gasteiger partial charge in [0.25, 0.3) is 0 Å². The second-order valence-corrected chi connectivity index (χ2v) is 2.73.